The van der Waals surface area contributed by atoms with Crippen LogP contribution < -0.4 is 10.6 Å². The third kappa shape index (κ3) is 5.22. The zero-order valence-corrected chi connectivity index (χ0v) is 11.8. The maximum Gasteiger partial charge on any atom is 0.326 e. The molecule has 2 atom stereocenters. The molecule has 8 nitrogen and oxygen atoms in total. The number of thiophene rings is 1. The van der Waals surface area contributed by atoms with E-state index in [0.717, 1.165) is 0 Å². The molecule has 9 heteroatoms. The van der Waals surface area contributed by atoms with Gasteiger partial charge in [-0.25, -0.2) is 4.79 Å². The molecule has 0 saturated carbocycles. The van der Waals surface area contributed by atoms with Crippen LogP contribution in [0.15, 0.2) is 17.5 Å². The van der Waals surface area contributed by atoms with Crippen molar-refractivity contribution >= 4 is 35.1 Å². The Morgan fingerprint density at radius 3 is 2.38 bits per heavy atom. The van der Waals surface area contributed by atoms with E-state index in [1.807, 2.05) is 0 Å². The second-order valence-corrected chi connectivity index (χ2v) is 5.12. The summed E-state index contributed by atoms with van der Waals surface area (Å²) < 4.78 is 0. The third-order valence-electron chi connectivity index (χ3n) is 2.48. The Kier molecular flexibility index (Phi) is 5.85. The number of hydrogen-bond donors (Lipinski definition) is 4. The van der Waals surface area contributed by atoms with Gasteiger partial charge in [0.15, 0.2) is 0 Å². The first-order chi connectivity index (χ1) is 9.81. The molecule has 1 aromatic heterocycles. The summed E-state index contributed by atoms with van der Waals surface area (Å²) in [6.45, 7) is 1.38. The van der Waals surface area contributed by atoms with Gasteiger partial charge in [0.05, 0.1) is 11.3 Å². The highest BCUT2D eigenvalue weighted by molar-refractivity contribution is 7.12. The molecule has 4 N–H and O–H groups in total. The summed E-state index contributed by atoms with van der Waals surface area (Å²) in [5.74, 6) is -4.04. The van der Waals surface area contributed by atoms with Crippen LogP contribution in [0.5, 0.6) is 0 Å². The van der Waals surface area contributed by atoms with E-state index in [-0.39, 0.29) is 0 Å². The van der Waals surface area contributed by atoms with Crippen LogP contribution >= 0.6 is 11.3 Å². The van der Waals surface area contributed by atoms with Crippen LogP contribution in [0, 0.1) is 0 Å². The van der Waals surface area contributed by atoms with Gasteiger partial charge in [-0.1, -0.05) is 6.07 Å². The molecule has 1 rings (SSSR count). The fraction of sp³-hybridized carbons (Fsp3) is 0.333. The second kappa shape index (κ2) is 7.39. The second-order valence-electron chi connectivity index (χ2n) is 4.17. The number of carbonyl (C=O) groups excluding carboxylic acids is 2. The Bertz CT molecular complexity index is 542. The molecular formula is C12H14N2O6S. The van der Waals surface area contributed by atoms with E-state index in [4.69, 9.17) is 10.2 Å². The summed E-state index contributed by atoms with van der Waals surface area (Å²) in [6.07, 6.45) is -0.743. The molecule has 0 aliphatic carbocycles. The molecule has 0 radical (unpaired) electrons. The minimum atomic E-state index is -1.55. The minimum Gasteiger partial charge on any atom is -0.481 e. The number of carboxylic acid groups (broad SMARTS) is 2. The molecule has 21 heavy (non-hydrogen) atoms. The summed E-state index contributed by atoms with van der Waals surface area (Å²) in [5.41, 5.74) is 0. The van der Waals surface area contributed by atoms with Crippen LogP contribution in [0.1, 0.15) is 23.0 Å². The first kappa shape index (κ1) is 16.6. The van der Waals surface area contributed by atoms with Crippen molar-refractivity contribution < 1.29 is 29.4 Å². The monoisotopic (exact) mass is 314 g/mol. The molecule has 0 spiro atoms. The zero-order valence-electron chi connectivity index (χ0n) is 11.0. The van der Waals surface area contributed by atoms with E-state index in [1.54, 1.807) is 17.5 Å². The molecular weight excluding hydrogens is 300 g/mol. The number of carbonyl (C=O) groups is 4. The summed E-state index contributed by atoms with van der Waals surface area (Å²) in [5, 5.41) is 23.6. The van der Waals surface area contributed by atoms with Crippen LogP contribution in [0.2, 0.25) is 0 Å². The number of hydrogen-bond acceptors (Lipinski definition) is 5. The molecule has 1 aromatic rings. The molecule has 2 amide bonds. The average Bonchev–Trinajstić information content (AvgIpc) is 2.90. The van der Waals surface area contributed by atoms with Crippen molar-refractivity contribution in [3.63, 3.8) is 0 Å². The number of amides is 2. The quantitative estimate of drug-likeness (QED) is 0.556. The van der Waals surface area contributed by atoms with Crippen molar-refractivity contribution in [3.8, 4) is 0 Å². The van der Waals surface area contributed by atoms with E-state index in [1.165, 1.54) is 18.3 Å². The molecule has 0 bridgehead atoms. The standard InChI is InChI=1S/C12H14N2O6S/c1-6(13-11(18)8-3-2-4-21-8)10(17)14-7(12(19)20)5-9(15)16/h2-4,6-7H,5H2,1H3,(H,13,18)(H,14,17)(H,15,16)(H,19,20)/t6?,7-/m0/s1. The summed E-state index contributed by atoms with van der Waals surface area (Å²) >= 11 is 1.20. The van der Waals surface area contributed by atoms with Gasteiger partial charge < -0.3 is 20.8 Å². The number of rotatable bonds is 7. The zero-order chi connectivity index (χ0) is 16.0. The van der Waals surface area contributed by atoms with Crippen LogP contribution in [0.4, 0.5) is 0 Å². The summed E-state index contributed by atoms with van der Waals surface area (Å²) in [6, 6.07) is 0.721. The smallest absolute Gasteiger partial charge is 0.326 e. The average molecular weight is 314 g/mol. The largest absolute Gasteiger partial charge is 0.481 e. The molecule has 0 aliphatic heterocycles. The lowest BCUT2D eigenvalue weighted by molar-refractivity contribution is -0.147. The van der Waals surface area contributed by atoms with Crippen molar-refractivity contribution in [1.82, 2.24) is 10.6 Å². The van der Waals surface area contributed by atoms with Gasteiger partial charge >= 0.3 is 11.9 Å². The SMILES string of the molecule is CC(NC(=O)c1cccs1)C(=O)N[C@@H](CC(=O)O)C(=O)O. The molecule has 1 heterocycles. The molecule has 0 aromatic carbocycles. The van der Waals surface area contributed by atoms with Gasteiger partial charge in [0.2, 0.25) is 5.91 Å². The minimum absolute atomic E-state index is 0.412. The highest BCUT2D eigenvalue weighted by Crippen LogP contribution is 2.08. The lowest BCUT2D eigenvalue weighted by Gasteiger charge is -2.17. The Hall–Kier alpha value is -2.42. The molecule has 1 unspecified atom stereocenters. The van der Waals surface area contributed by atoms with Gasteiger partial charge in [-0.05, 0) is 18.4 Å². The maximum atomic E-state index is 11.8. The Morgan fingerprint density at radius 1 is 1.24 bits per heavy atom. The fourth-order valence-electron chi connectivity index (χ4n) is 1.41. The highest BCUT2D eigenvalue weighted by atomic mass is 32.1. The van der Waals surface area contributed by atoms with Crippen molar-refractivity contribution in [2.45, 2.75) is 25.4 Å². The van der Waals surface area contributed by atoms with Crippen LogP contribution in [0.3, 0.4) is 0 Å². The lowest BCUT2D eigenvalue weighted by atomic mass is 10.2. The van der Waals surface area contributed by atoms with E-state index < -0.39 is 42.3 Å². The molecule has 0 saturated heterocycles. The Labute approximate surface area is 123 Å². The Balaban J connectivity index is 2.59. The van der Waals surface area contributed by atoms with Crippen molar-refractivity contribution in [2.75, 3.05) is 0 Å². The highest BCUT2D eigenvalue weighted by Gasteiger charge is 2.26. The number of nitrogens with one attached hydrogen (secondary N) is 2. The normalized spacial score (nSPS) is 13.0. The first-order valence-electron chi connectivity index (χ1n) is 5.90. The van der Waals surface area contributed by atoms with E-state index in [9.17, 15) is 19.2 Å². The van der Waals surface area contributed by atoms with Gasteiger partial charge in [-0.15, -0.1) is 11.3 Å². The van der Waals surface area contributed by atoms with E-state index in [2.05, 4.69) is 10.6 Å². The molecule has 0 fully saturated rings. The van der Waals surface area contributed by atoms with E-state index >= 15 is 0 Å². The number of aliphatic carboxylic acids is 2. The topological polar surface area (TPSA) is 133 Å². The van der Waals surface area contributed by atoms with Gasteiger partial charge in [-0.2, -0.15) is 0 Å². The third-order valence-corrected chi connectivity index (χ3v) is 3.35. The molecule has 114 valence electrons. The Morgan fingerprint density at radius 2 is 1.90 bits per heavy atom. The number of carboxylic acids is 2. The van der Waals surface area contributed by atoms with Crippen LogP contribution in [-0.2, 0) is 14.4 Å². The summed E-state index contributed by atoms with van der Waals surface area (Å²) in [4.78, 5) is 45.3. The van der Waals surface area contributed by atoms with Gasteiger partial charge in [0.25, 0.3) is 5.91 Å². The van der Waals surface area contributed by atoms with Gasteiger partial charge in [0.1, 0.15) is 12.1 Å². The van der Waals surface area contributed by atoms with E-state index in [0.29, 0.717) is 4.88 Å². The van der Waals surface area contributed by atoms with Crippen LogP contribution in [-0.4, -0.2) is 46.0 Å². The van der Waals surface area contributed by atoms with Crippen LogP contribution in [0.25, 0.3) is 0 Å². The fourth-order valence-corrected chi connectivity index (χ4v) is 2.04. The maximum absolute atomic E-state index is 11.8. The molecule has 0 aliphatic rings. The van der Waals surface area contributed by atoms with Crippen molar-refractivity contribution in [1.29, 1.82) is 0 Å². The van der Waals surface area contributed by atoms with Gasteiger partial charge in [0, 0.05) is 0 Å². The predicted molar refractivity (Wildman–Crippen MR) is 73.1 cm³/mol. The van der Waals surface area contributed by atoms with Crippen molar-refractivity contribution in [3.05, 3.63) is 22.4 Å². The predicted octanol–water partition coefficient (Wildman–Crippen LogP) is -0.0895. The first-order valence-corrected chi connectivity index (χ1v) is 6.78. The van der Waals surface area contributed by atoms with Gasteiger partial charge in [-0.3, -0.25) is 14.4 Å². The van der Waals surface area contributed by atoms with Crippen molar-refractivity contribution in [2.24, 2.45) is 0 Å². The lowest BCUT2D eigenvalue weighted by Crippen LogP contribution is -2.50. The summed E-state index contributed by atoms with van der Waals surface area (Å²) in [7, 11) is 0.